The molecule has 0 radical (unpaired) electrons. The molecule has 1 aliphatic rings. The van der Waals surface area contributed by atoms with E-state index in [1.54, 1.807) is 12.1 Å². The van der Waals surface area contributed by atoms with Crippen LogP contribution in [-0.2, 0) is 11.3 Å². The van der Waals surface area contributed by atoms with Gasteiger partial charge < -0.3 is 5.32 Å². The number of amides is 1. The third kappa shape index (κ3) is 4.36. The molecular weight excluding hydrogens is 451 g/mol. The van der Waals surface area contributed by atoms with Crippen LogP contribution in [0, 0.1) is 11.7 Å². The van der Waals surface area contributed by atoms with Crippen LogP contribution in [0.1, 0.15) is 18.7 Å². The van der Waals surface area contributed by atoms with Crippen LogP contribution in [0.2, 0.25) is 0 Å². The highest BCUT2D eigenvalue weighted by atomic mass is 19.1. The highest BCUT2D eigenvalue weighted by molar-refractivity contribution is 6.02. The first-order chi connectivity index (χ1) is 17.7. The Hall–Kier alpha value is -4.03. The fraction of sp³-hybridized carbons (Fsp3) is 0.200. The molecule has 1 aliphatic heterocycles. The summed E-state index contributed by atoms with van der Waals surface area (Å²) in [7, 11) is 0. The second-order valence-corrected chi connectivity index (χ2v) is 9.42. The molecule has 6 heteroatoms. The molecule has 0 unspecified atom stereocenters. The number of imidazole rings is 1. The summed E-state index contributed by atoms with van der Waals surface area (Å²) in [6.07, 6.45) is 1.81. The molecule has 1 saturated heterocycles. The van der Waals surface area contributed by atoms with Crippen molar-refractivity contribution in [2.24, 2.45) is 5.92 Å². The van der Waals surface area contributed by atoms with Gasteiger partial charge >= 0.3 is 0 Å². The Morgan fingerprint density at radius 3 is 2.61 bits per heavy atom. The molecule has 1 atom stereocenters. The summed E-state index contributed by atoms with van der Waals surface area (Å²) in [6, 6.07) is 28.6. The Balaban J connectivity index is 1.23. The van der Waals surface area contributed by atoms with Crippen LogP contribution in [0.5, 0.6) is 0 Å². The van der Waals surface area contributed by atoms with Crippen molar-refractivity contribution in [1.82, 2.24) is 14.5 Å². The normalized spacial score (nSPS) is 16.4. The van der Waals surface area contributed by atoms with Gasteiger partial charge in [-0.05, 0) is 67.2 Å². The van der Waals surface area contributed by atoms with Gasteiger partial charge in [-0.3, -0.25) is 14.3 Å². The highest BCUT2D eigenvalue weighted by Crippen LogP contribution is 2.27. The smallest absolute Gasteiger partial charge is 0.228 e. The lowest BCUT2D eigenvalue weighted by molar-refractivity contribution is -0.121. The summed E-state index contributed by atoms with van der Waals surface area (Å²) in [5.74, 6) is 0.586. The molecule has 0 bridgehead atoms. The summed E-state index contributed by atoms with van der Waals surface area (Å²) in [5.41, 5.74) is 3.62. The van der Waals surface area contributed by atoms with Crippen LogP contribution in [-0.4, -0.2) is 33.4 Å². The number of carbonyl (C=O) groups is 1. The number of hydrogen-bond acceptors (Lipinski definition) is 3. The number of aromatic nitrogens is 2. The van der Waals surface area contributed by atoms with E-state index >= 15 is 0 Å². The molecule has 36 heavy (non-hydrogen) atoms. The van der Waals surface area contributed by atoms with E-state index in [-0.39, 0.29) is 17.6 Å². The van der Waals surface area contributed by atoms with Crippen molar-refractivity contribution in [3.63, 3.8) is 0 Å². The lowest BCUT2D eigenvalue weighted by Crippen LogP contribution is -2.40. The summed E-state index contributed by atoms with van der Waals surface area (Å²) in [4.78, 5) is 20.5. The molecule has 1 N–H and O–H groups in total. The topological polar surface area (TPSA) is 50.2 Å². The Morgan fingerprint density at radius 1 is 0.944 bits per heavy atom. The van der Waals surface area contributed by atoms with Crippen LogP contribution in [0.3, 0.4) is 0 Å². The molecule has 5 aromatic rings. The third-order valence-electron chi connectivity index (χ3n) is 7.00. The number of para-hydroxylation sites is 2. The van der Waals surface area contributed by atoms with E-state index in [0.717, 1.165) is 58.4 Å². The molecule has 1 fully saturated rings. The molecule has 5 nitrogen and oxygen atoms in total. The van der Waals surface area contributed by atoms with E-state index in [9.17, 15) is 9.18 Å². The summed E-state index contributed by atoms with van der Waals surface area (Å²) in [5, 5.41) is 5.34. The van der Waals surface area contributed by atoms with E-state index in [2.05, 4.69) is 26.9 Å². The predicted molar refractivity (Wildman–Crippen MR) is 142 cm³/mol. The average Bonchev–Trinajstić information content (AvgIpc) is 3.27. The standard InChI is InChI=1S/C30H27FN4O/c31-23-14-16-24(17-15-23)35-28-13-4-3-11-27(28)32-29(35)20-34-18-6-9-22(19-34)30(36)33-26-12-5-8-21-7-1-2-10-25(21)26/h1-5,7-8,10-17,22H,6,9,18-20H2,(H,33,36)/t22-/m1/s1. The number of benzene rings is 4. The van der Waals surface area contributed by atoms with Crippen LogP contribution < -0.4 is 5.32 Å². The molecule has 0 saturated carbocycles. The van der Waals surface area contributed by atoms with E-state index < -0.39 is 0 Å². The molecular formula is C30H27FN4O. The van der Waals surface area contributed by atoms with Crippen molar-refractivity contribution in [3.05, 3.63) is 103 Å². The minimum Gasteiger partial charge on any atom is -0.325 e. The van der Waals surface area contributed by atoms with Crippen molar-refractivity contribution in [3.8, 4) is 5.69 Å². The van der Waals surface area contributed by atoms with E-state index in [1.165, 1.54) is 12.1 Å². The maximum atomic E-state index is 13.6. The quantitative estimate of drug-likeness (QED) is 0.329. The van der Waals surface area contributed by atoms with Gasteiger partial charge in [-0.2, -0.15) is 0 Å². The van der Waals surface area contributed by atoms with Gasteiger partial charge in [-0.1, -0.05) is 48.5 Å². The maximum Gasteiger partial charge on any atom is 0.228 e. The molecule has 180 valence electrons. The zero-order chi connectivity index (χ0) is 24.5. The first-order valence-electron chi connectivity index (χ1n) is 12.4. The SMILES string of the molecule is O=C(Nc1cccc2ccccc12)[C@@H]1CCCN(Cc2nc3ccccc3n2-c2ccc(F)cc2)C1. The van der Waals surface area contributed by atoms with Gasteiger partial charge in [0.25, 0.3) is 0 Å². The van der Waals surface area contributed by atoms with Gasteiger partial charge in [0.05, 0.1) is 23.5 Å². The number of likely N-dealkylation sites (tertiary alicyclic amines) is 1. The van der Waals surface area contributed by atoms with Gasteiger partial charge in [-0.25, -0.2) is 9.37 Å². The summed E-state index contributed by atoms with van der Waals surface area (Å²) < 4.78 is 15.7. The number of hydrogen-bond donors (Lipinski definition) is 1. The Labute approximate surface area is 209 Å². The molecule has 1 amide bonds. The number of piperidine rings is 1. The van der Waals surface area contributed by atoms with Crippen molar-refractivity contribution in [2.75, 3.05) is 18.4 Å². The van der Waals surface area contributed by atoms with E-state index in [0.29, 0.717) is 13.1 Å². The number of nitrogens with zero attached hydrogens (tertiary/aromatic N) is 3. The van der Waals surface area contributed by atoms with Crippen LogP contribution in [0.25, 0.3) is 27.5 Å². The molecule has 0 spiro atoms. The summed E-state index contributed by atoms with van der Waals surface area (Å²) in [6.45, 7) is 2.19. The van der Waals surface area contributed by atoms with E-state index in [4.69, 9.17) is 4.98 Å². The van der Waals surface area contributed by atoms with Crippen molar-refractivity contribution in [1.29, 1.82) is 0 Å². The van der Waals surface area contributed by atoms with Crippen molar-refractivity contribution < 1.29 is 9.18 Å². The number of nitrogens with one attached hydrogen (secondary N) is 1. The lowest BCUT2D eigenvalue weighted by atomic mass is 9.96. The van der Waals surface area contributed by atoms with Gasteiger partial charge in [0.2, 0.25) is 5.91 Å². The molecule has 1 aromatic heterocycles. The minimum absolute atomic E-state index is 0.0584. The van der Waals surface area contributed by atoms with Crippen LogP contribution >= 0.6 is 0 Å². The Kier molecular flexibility index (Phi) is 5.95. The zero-order valence-electron chi connectivity index (χ0n) is 19.9. The minimum atomic E-state index is -0.263. The van der Waals surface area contributed by atoms with Crippen molar-refractivity contribution >= 4 is 33.4 Å². The molecule has 0 aliphatic carbocycles. The largest absolute Gasteiger partial charge is 0.325 e. The third-order valence-corrected chi connectivity index (χ3v) is 7.00. The number of rotatable bonds is 5. The first kappa shape index (κ1) is 22.4. The molecule has 2 heterocycles. The van der Waals surface area contributed by atoms with E-state index in [1.807, 2.05) is 54.6 Å². The van der Waals surface area contributed by atoms with Gasteiger partial charge in [0, 0.05) is 23.3 Å². The monoisotopic (exact) mass is 478 g/mol. The number of carbonyl (C=O) groups excluding carboxylic acids is 1. The molecule has 6 rings (SSSR count). The predicted octanol–water partition coefficient (Wildman–Crippen LogP) is 6.17. The fourth-order valence-corrected chi connectivity index (χ4v) is 5.24. The zero-order valence-corrected chi connectivity index (χ0v) is 19.9. The Morgan fingerprint density at radius 2 is 1.72 bits per heavy atom. The van der Waals surface area contributed by atoms with Gasteiger partial charge in [0.15, 0.2) is 0 Å². The highest BCUT2D eigenvalue weighted by Gasteiger charge is 2.27. The molecule has 4 aromatic carbocycles. The average molecular weight is 479 g/mol. The summed E-state index contributed by atoms with van der Waals surface area (Å²) >= 11 is 0. The number of fused-ring (bicyclic) bond motifs is 2. The lowest BCUT2D eigenvalue weighted by Gasteiger charge is -2.32. The van der Waals surface area contributed by atoms with Crippen LogP contribution in [0.15, 0.2) is 91.0 Å². The maximum absolute atomic E-state index is 13.6. The van der Waals surface area contributed by atoms with Crippen LogP contribution in [0.4, 0.5) is 10.1 Å². The Bertz CT molecular complexity index is 1540. The second-order valence-electron chi connectivity index (χ2n) is 9.42. The van der Waals surface area contributed by atoms with Gasteiger partial charge in [0.1, 0.15) is 11.6 Å². The van der Waals surface area contributed by atoms with Gasteiger partial charge in [-0.15, -0.1) is 0 Å². The number of anilines is 1. The second kappa shape index (κ2) is 9.55. The fourth-order valence-electron chi connectivity index (χ4n) is 5.24. The van der Waals surface area contributed by atoms with Crippen molar-refractivity contribution in [2.45, 2.75) is 19.4 Å². The first-order valence-corrected chi connectivity index (χ1v) is 12.4. The number of halogens is 1.